The van der Waals surface area contributed by atoms with Crippen LogP contribution in [0.15, 0.2) is 34.1 Å². The molecule has 0 fully saturated rings. The summed E-state index contributed by atoms with van der Waals surface area (Å²) in [6.45, 7) is 1.05. The van der Waals surface area contributed by atoms with Crippen LogP contribution >= 0.6 is 43.2 Å². The van der Waals surface area contributed by atoms with Crippen molar-refractivity contribution in [1.82, 2.24) is 5.32 Å². The lowest BCUT2D eigenvalue weighted by Gasteiger charge is -2.12. The normalized spacial score (nSPS) is 15.8. The fourth-order valence-corrected chi connectivity index (χ4v) is 4.83. The van der Waals surface area contributed by atoms with E-state index >= 15 is 0 Å². The van der Waals surface area contributed by atoms with Crippen LogP contribution in [-0.4, -0.2) is 19.1 Å². The topological polar surface area (TPSA) is 38.3 Å². The van der Waals surface area contributed by atoms with Crippen LogP contribution in [0.4, 0.5) is 0 Å². The lowest BCUT2D eigenvalue weighted by atomic mass is 10.1. The van der Waals surface area contributed by atoms with Crippen molar-refractivity contribution in [1.29, 1.82) is 0 Å². The first-order chi connectivity index (χ1) is 9.66. The molecule has 1 atom stereocenters. The molecule has 1 unspecified atom stereocenters. The maximum absolute atomic E-state index is 12.0. The van der Waals surface area contributed by atoms with E-state index in [1.54, 1.807) is 11.3 Å². The lowest BCUT2D eigenvalue weighted by Crippen LogP contribution is -2.24. The molecular formula is C14H11Br2NO2S. The van der Waals surface area contributed by atoms with E-state index in [-0.39, 0.29) is 10.7 Å². The molecule has 1 aromatic heterocycles. The van der Waals surface area contributed by atoms with Crippen molar-refractivity contribution in [3.8, 4) is 5.75 Å². The van der Waals surface area contributed by atoms with Gasteiger partial charge in [0.15, 0.2) is 0 Å². The molecule has 2 heterocycles. The molecule has 0 spiro atoms. The number of rotatable bonds is 2. The second kappa shape index (κ2) is 5.87. The zero-order chi connectivity index (χ0) is 14.1. The van der Waals surface area contributed by atoms with Crippen molar-refractivity contribution in [2.24, 2.45) is 0 Å². The highest BCUT2D eigenvalue weighted by atomic mass is 79.9. The molecule has 1 amide bonds. The predicted octanol–water partition coefficient (Wildman–Crippen LogP) is 4.12. The van der Waals surface area contributed by atoms with Crippen molar-refractivity contribution in [2.45, 2.75) is 4.83 Å². The molecule has 6 heteroatoms. The number of nitrogens with one attached hydrogen (secondary N) is 1. The number of alkyl halides is 1. The molecule has 0 bridgehead atoms. The number of hydrogen-bond donors (Lipinski definition) is 1. The summed E-state index contributed by atoms with van der Waals surface area (Å²) in [6.07, 6.45) is 0. The second-order valence-electron chi connectivity index (χ2n) is 4.36. The third-order valence-electron chi connectivity index (χ3n) is 3.06. The fraction of sp³-hybridized carbons (Fsp3) is 0.214. The number of fused-ring (bicyclic) bond motifs is 1. The van der Waals surface area contributed by atoms with Crippen LogP contribution in [0.1, 0.15) is 25.6 Å². The van der Waals surface area contributed by atoms with E-state index in [0.717, 1.165) is 10.0 Å². The number of carbonyl (C=O) groups is 1. The van der Waals surface area contributed by atoms with Gasteiger partial charge in [-0.15, -0.1) is 11.3 Å². The van der Waals surface area contributed by atoms with E-state index in [2.05, 4.69) is 37.2 Å². The molecule has 0 saturated heterocycles. The summed E-state index contributed by atoms with van der Waals surface area (Å²) in [4.78, 5) is 13.3. The van der Waals surface area contributed by atoms with Crippen LogP contribution in [0.5, 0.6) is 5.75 Å². The molecular weight excluding hydrogens is 406 g/mol. The quantitative estimate of drug-likeness (QED) is 0.748. The van der Waals surface area contributed by atoms with E-state index in [1.807, 2.05) is 29.6 Å². The monoisotopic (exact) mass is 415 g/mol. The van der Waals surface area contributed by atoms with E-state index < -0.39 is 0 Å². The molecule has 0 radical (unpaired) electrons. The Labute approximate surface area is 137 Å². The number of carbonyl (C=O) groups excluding carboxylic acids is 1. The molecule has 0 aliphatic carbocycles. The maximum Gasteiger partial charge on any atom is 0.255 e. The minimum atomic E-state index is -0.0794. The predicted molar refractivity (Wildman–Crippen MR) is 87.1 cm³/mol. The molecule has 1 aliphatic heterocycles. The zero-order valence-electron chi connectivity index (χ0n) is 10.4. The Morgan fingerprint density at radius 3 is 2.95 bits per heavy atom. The minimum absolute atomic E-state index is 0.0539. The van der Waals surface area contributed by atoms with Crippen LogP contribution in [0.3, 0.4) is 0 Å². The smallest absolute Gasteiger partial charge is 0.255 e. The van der Waals surface area contributed by atoms with Gasteiger partial charge in [0, 0.05) is 9.35 Å². The Morgan fingerprint density at radius 1 is 1.35 bits per heavy atom. The molecule has 3 rings (SSSR count). The molecule has 1 aliphatic rings. The van der Waals surface area contributed by atoms with Gasteiger partial charge in [0.05, 0.1) is 16.9 Å². The number of amides is 1. The summed E-state index contributed by atoms with van der Waals surface area (Å²) < 4.78 is 6.63. The number of thiophene rings is 1. The number of hydrogen-bond acceptors (Lipinski definition) is 3. The van der Waals surface area contributed by atoms with Crippen LogP contribution in [0.2, 0.25) is 0 Å². The van der Waals surface area contributed by atoms with Gasteiger partial charge in [-0.05, 0) is 45.1 Å². The van der Waals surface area contributed by atoms with Gasteiger partial charge in [-0.25, -0.2) is 0 Å². The molecule has 2 aromatic rings. The van der Waals surface area contributed by atoms with E-state index in [4.69, 9.17) is 4.74 Å². The van der Waals surface area contributed by atoms with Crippen molar-refractivity contribution >= 4 is 49.1 Å². The molecule has 0 saturated carbocycles. The summed E-state index contributed by atoms with van der Waals surface area (Å²) in [5, 5.41) is 4.86. The standard InChI is InChI=1S/C14H11Br2NO2S/c15-10-3-6-20-13(10)12(16)8-1-2-11-9(7-8)14(18)17-4-5-19-11/h1-3,6-7,12H,4-5H2,(H,17,18). The van der Waals surface area contributed by atoms with Crippen LogP contribution in [0.25, 0.3) is 0 Å². The van der Waals surface area contributed by atoms with Crippen molar-refractivity contribution in [2.75, 3.05) is 13.2 Å². The van der Waals surface area contributed by atoms with Crippen molar-refractivity contribution < 1.29 is 9.53 Å². The Morgan fingerprint density at radius 2 is 2.20 bits per heavy atom. The van der Waals surface area contributed by atoms with E-state index in [1.165, 1.54) is 4.88 Å². The van der Waals surface area contributed by atoms with Crippen LogP contribution in [0, 0.1) is 0 Å². The van der Waals surface area contributed by atoms with Gasteiger partial charge >= 0.3 is 0 Å². The van der Waals surface area contributed by atoms with Gasteiger partial charge in [-0.2, -0.15) is 0 Å². The molecule has 3 nitrogen and oxygen atoms in total. The van der Waals surface area contributed by atoms with Gasteiger partial charge in [0.25, 0.3) is 5.91 Å². The van der Waals surface area contributed by atoms with Crippen LogP contribution in [-0.2, 0) is 0 Å². The Kier molecular flexibility index (Phi) is 4.14. The highest BCUT2D eigenvalue weighted by Crippen LogP contribution is 2.40. The van der Waals surface area contributed by atoms with Gasteiger partial charge in [-0.3, -0.25) is 4.79 Å². The van der Waals surface area contributed by atoms with Crippen molar-refractivity contribution in [3.63, 3.8) is 0 Å². The molecule has 1 N–H and O–H groups in total. The average molecular weight is 417 g/mol. The highest BCUT2D eigenvalue weighted by Gasteiger charge is 2.21. The maximum atomic E-state index is 12.0. The van der Waals surface area contributed by atoms with E-state index in [0.29, 0.717) is 24.5 Å². The Balaban J connectivity index is 2.00. The fourth-order valence-electron chi connectivity index (χ4n) is 2.07. The minimum Gasteiger partial charge on any atom is -0.491 e. The summed E-state index contributed by atoms with van der Waals surface area (Å²) in [7, 11) is 0. The van der Waals surface area contributed by atoms with Crippen molar-refractivity contribution in [3.05, 3.63) is 50.1 Å². The summed E-state index contributed by atoms with van der Waals surface area (Å²) >= 11 is 8.91. The number of benzene rings is 1. The largest absolute Gasteiger partial charge is 0.491 e. The average Bonchev–Trinajstić information content (AvgIpc) is 2.79. The first kappa shape index (κ1) is 14.1. The SMILES string of the molecule is O=C1NCCOc2ccc(C(Br)c3sccc3Br)cc21. The summed E-state index contributed by atoms with van der Waals surface area (Å²) in [6, 6.07) is 7.77. The van der Waals surface area contributed by atoms with E-state index in [9.17, 15) is 4.79 Å². The lowest BCUT2D eigenvalue weighted by molar-refractivity contribution is 0.0957. The first-order valence-electron chi connectivity index (χ1n) is 6.08. The summed E-state index contributed by atoms with van der Waals surface area (Å²) in [5.74, 6) is 0.568. The summed E-state index contributed by atoms with van der Waals surface area (Å²) in [5.41, 5.74) is 1.63. The van der Waals surface area contributed by atoms with Crippen LogP contribution < -0.4 is 10.1 Å². The third-order valence-corrected chi connectivity index (χ3v) is 6.29. The highest BCUT2D eigenvalue weighted by molar-refractivity contribution is 9.11. The molecule has 20 heavy (non-hydrogen) atoms. The molecule has 104 valence electrons. The molecule has 1 aromatic carbocycles. The Bertz CT molecular complexity index is 656. The number of halogens is 2. The number of ether oxygens (including phenoxy) is 1. The van der Waals surface area contributed by atoms with Gasteiger partial charge < -0.3 is 10.1 Å². The first-order valence-corrected chi connectivity index (χ1v) is 8.67. The third kappa shape index (κ3) is 2.64. The second-order valence-corrected chi connectivity index (χ2v) is 7.07. The van der Waals surface area contributed by atoms with Gasteiger partial charge in [0.2, 0.25) is 0 Å². The Hall–Kier alpha value is -0.850. The van der Waals surface area contributed by atoms with Gasteiger partial charge in [0.1, 0.15) is 12.4 Å². The zero-order valence-corrected chi connectivity index (χ0v) is 14.3. The van der Waals surface area contributed by atoms with Gasteiger partial charge in [-0.1, -0.05) is 22.0 Å².